The Bertz CT molecular complexity index is 561. The maximum atomic E-state index is 4.48. The Kier molecular flexibility index (Phi) is 3.33. The Labute approximate surface area is 112 Å². The molecule has 0 aromatic carbocycles. The Hall–Kier alpha value is -1.69. The summed E-state index contributed by atoms with van der Waals surface area (Å²) < 4.78 is 1.80. The highest BCUT2D eigenvalue weighted by Crippen LogP contribution is 2.26. The van der Waals surface area contributed by atoms with Crippen molar-refractivity contribution in [2.24, 2.45) is 13.0 Å². The van der Waals surface area contributed by atoms with E-state index in [0.717, 1.165) is 36.5 Å². The predicted octanol–water partition coefficient (Wildman–Crippen LogP) is 0.799. The molecule has 1 fully saturated rings. The van der Waals surface area contributed by atoms with Crippen molar-refractivity contribution in [1.29, 1.82) is 0 Å². The number of rotatable bonds is 3. The van der Waals surface area contributed by atoms with Gasteiger partial charge < -0.3 is 10.2 Å². The second kappa shape index (κ2) is 5.13. The highest BCUT2D eigenvalue weighted by Gasteiger charge is 2.22. The molecule has 0 saturated carbocycles. The Morgan fingerprint density at radius 3 is 3.16 bits per heavy atom. The number of aromatic nitrogens is 4. The van der Waals surface area contributed by atoms with Gasteiger partial charge in [-0.1, -0.05) is 0 Å². The van der Waals surface area contributed by atoms with Crippen LogP contribution in [-0.2, 0) is 7.05 Å². The highest BCUT2D eigenvalue weighted by molar-refractivity contribution is 5.86. The molecular weight excluding hydrogens is 240 g/mol. The third-order valence-corrected chi connectivity index (χ3v) is 3.82. The first-order chi connectivity index (χ1) is 9.29. The molecule has 0 radical (unpaired) electrons. The number of fused-ring (bicyclic) bond motifs is 1. The van der Waals surface area contributed by atoms with Crippen molar-refractivity contribution in [1.82, 2.24) is 25.1 Å². The van der Waals surface area contributed by atoms with Crippen LogP contribution >= 0.6 is 0 Å². The van der Waals surface area contributed by atoms with Gasteiger partial charge in [-0.05, 0) is 32.4 Å². The quantitative estimate of drug-likeness (QED) is 0.884. The van der Waals surface area contributed by atoms with Gasteiger partial charge in [-0.15, -0.1) is 0 Å². The lowest BCUT2D eigenvalue weighted by Gasteiger charge is -2.33. The van der Waals surface area contributed by atoms with Gasteiger partial charge in [-0.3, -0.25) is 4.68 Å². The maximum Gasteiger partial charge on any atom is 0.163 e. The zero-order valence-corrected chi connectivity index (χ0v) is 11.5. The van der Waals surface area contributed by atoms with Crippen LogP contribution in [-0.4, -0.2) is 46.4 Å². The van der Waals surface area contributed by atoms with Gasteiger partial charge in [0.15, 0.2) is 5.65 Å². The van der Waals surface area contributed by atoms with E-state index in [1.54, 1.807) is 11.0 Å². The summed E-state index contributed by atoms with van der Waals surface area (Å²) in [7, 11) is 3.93. The molecular formula is C13H20N6. The molecule has 19 heavy (non-hydrogen) atoms. The van der Waals surface area contributed by atoms with Gasteiger partial charge in [0.1, 0.15) is 12.1 Å². The van der Waals surface area contributed by atoms with E-state index < -0.39 is 0 Å². The molecule has 1 atom stereocenters. The van der Waals surface area contributed by atoms with Crippen LogP contribution in [0.2, 0.25) is 0 Å². The first-order valence-electron chi connectivity index (χ1n) is 6.82. The summed E-state index contributed by atoms with van der Waals surface area (Å²) in [4.78, 5) is 11.2. The van der Waals surface area contributed by atoms with Crippen molar-refractivity contribution in [3.63, 3.8) is 0 Å². The zero-order valence-electron chi connectivity index (χ0n) is 11.5. The van der Waals surface area contributed by atoms with Crippen molar-refractivity contribution >= 4 is 16.9 Å². The van der Waals surface area contributed by atoms with Gasteiger partial charge in [-0.25, -0.2) is 9.97 Å². The number of piperidine rings is 1. The van der Waals surface area contributed by atoms with E-state index in [9.17, 15) is 0 Å². The molecule has 1 saturated heterocycles. The van der Waals surface area contributed by atoms with Crippen LogP contribution in [0.25, 0.3) is 11.0 Å². The molecule has 2 aromatic rings. The van der Waals surface area contributed by atoms with E-state index in [-0.39, 0.29) is 0 Å². The second-order valence-electron chi connectivity index (χ2n) is 5.21. The van der Waals surface area contributed by atoms with E-state index in [0.29, 0.717) is 5.92 Å². The van der Waals surface area contributed by atoms with E-state index in [4.69, 9.17) is 0 Å². The lowest BCUT2D eigenvalue weighted by molar-refractivity contribution is 0.401. The maximum absolute atomic E-state index is 4.48. The van der Waals surface area contributed by atoms with Crippen LogP contribution in [0.15, 0.2) is 12.5 Å². The number of hydrogen-bond donors (Lipinski definition) is 1. The third-order valence-electron chi connectivity index (χ3n) is 3.82. The summed E-state index contributed by atoms with van der Waals surface area (Å²) >= 11 is 0. The molecule has 6 nitrogen and oxygen atoms in total. The Morgan fingerprint density at radius 1 is 1.42 bits per heavy atom. The van der Waals surface area contributed by atoms with Crippen molar-refractivity contribution < 1.29 is 0 Å². The fourth-order valence-corrected chi connectivity index (χ4v) is 2.91. The van der Waals surface area contributed by atoms with Gasteiger partial charge in [0, 0.05) is 20.1 Å². The normalized spacial score (nSPS) is 20.1. The first kappa shape index (κ1) is 12.3. The first-order valence-corrected chi connectivity index (χ1v) is 6.82. The van der Waals surface area contributed by atoms with Crippen LogP contribution in [0.1, 0.15) is 12.8 Å². The van der Waals surface area contributed by atoms with E-state index in [1.807, 2.05) is 20.3 Å². The van der Waals surface area contributed by atoms with Gasteiger partial charge in [-0.2, -0.15) is 5.10 Å². The van der Waals surface area contributed by atoms with Crippen LogP contribution in [0.5, 0.6) is 0 Å². The Balaban J connectivity index is 1.91. The molecule has 1 aliphatic rings. The SMILES string of the molecule is CNCC1CCCN(c2ncnc3c2cnn3C)C1. The molecule has 2 aromatic heterocycles. The lowest BCUT2D eigenvalue weighted by atomic mass is 9.98. The Morgan fingerprint density at radius 2 is 2.32 bits per heavy atom. The van der Waals surface area contributed by atoms with Crippen molar-refractivity contribution in [2.75, 3.05) is 31.6 Å². The monoisotopic (exact) mass is 260 g/mol. The number of hydrogen-bond acceptors (Lipinski definition) is 5. The molecule has 3 rings (SSSR count). The highest BCUT2D eigenvalue weighted by atomic mass is 15.3. The standard InChI is InChI=1S/C13H20N6/c1-14-6-10-4-3-5-19(8-10)13-11-7-17-18(2)12(11)15-9-16-13/h7,9-10,14H,3-6,8H2,1-2H3. The summed E-state index contributed by atoms with van der Waals surface area (Å²) in [5, 5.41) is 8.61. The average Bonchev–Trinajstić information content (AvgIpc) is 2.81. The van der Waals surface area contributed by atoms with E-state index in [2.05, 4.69) is 25.3 Å². The minimum absolute atomic E-state index is 0.695. The minimum Gasteiger partial charge on any atom is -0.356 e. The summed E-state index contributed by atoms with van der Waals surface area (Å²) in [6.45, 7) is 3.20. The molecule has 0 spiro atoms. The van der Waals surface area contributed by atoms with E-state index >= 15 is 0 Å². The number of aryl methyl sites for hydroxylation is 1. The van der Waals surface area contributed by atoms with Gasteiger partial charge in [0.05, 0.1) is 11.6 Å². The van der Waals surface area contributed by atoms with Crippen molar-refractivity contribution in [3.05, 3.63) is 12.5 Å². The zero-order chi connectivity index (χ0) is 13.2. The summed E-state index contributed by atoms with van der Waals surface area (Å²) in [5.41, 5.74) is 0.903. The molecule has 1 unspecified atom stereocenters. The molecule has 0 amide bonds. The van der Waals surface area contributed by atoms with Crippen LogP contribution in [0.3, 0.4) is 0 Å². The van der Waals surface area contributed by atoms with Crippen molar-refractivity contribution in [3.8, 4) is 0 Å². The third kappa shape index (κ3) is 2.28. The smallest absolute Gasteiger partial charge is 0.163 e. The van der Waals surface area contributed by atoms with E-state index in [1.165, 1.54) is 12.8 Å². The molecule has 1 N–H and O–H groups in total. The summed E-state index contributed by atoms with van der Waals surface area (Å²) in [5.74, 6) is 1.72. The minimum atomic E-state index is 0.695. The van der Waals surface area contributed by atoms with Crippen LogP contribution in [0, 0.1) is 5.92 Å². The summed E-state index contributed by atoms with van der Waals surface area (Å²) in [6, 6.07) is 0. The predicted molar refractivity (Wildman–Crippen MR) is 75.2 cm³/mol. The van der Waals surface area contributed by atoms with Crippen LogP contribution < -0.4 is 10.2 Å². The fourth-order valence-electron chi connectivity index (χ4n) is 2.91. The van der Waals surface area contributed by atoms with Crippen molar-refractivity contribution in [2.45, 2.75) is 12.8 Å². The molecule has 0 bridgehead atoms. The molecule has 3 heterocycles. The second-order valence-corrected chi connectivity index (χ2v) is 5.21. The molecule has 6 heteroatoms. The average molecular weight is 260 g/mol. The molecule has 102 valence electrons. The molecule has 0 aliphatic carbocycles. The fraction of sp³-hybridized carbons (Fsp3) is 0.615. The van der Waals surface area contributed by atoms with Gasteiger partial charge >= 0.3 is 0 Å². The topological polar surface area (TPSA) is 58.9 Å². The number of nitrogens with one attached hydrogen (secondary N) is 1. The number of anilines is 1. The largest absolute Gasteiger partial charge is 0.356 e. The number of nitrogens with zero attached hydrogens (tertiary/aromatic N) is 5. The lowest BCUT2D eigenvalue weighted by Crippen LogP contribution is -2.39. The van der Waals surface area contributed by atoms with Crippen LogP contribution in [0.4, 0.5) is 5.82 Å². The molecule has 1 aliphatic heterocycles. The van der Waals surface area contributed by atoms with Gasteiger partial charge in [0.25, 0.3) is 0 Å². The van der Waals surface area contributed by atoms with Gasteiger partial charge in [0.2, 0.25) is 0 Å². The summed E-state index contributed by atoms with van der Waals surface area (Å²) in [6.07, 6.45) is 6.02.